The minimum Gasteiger partial charge on any atom is -0.497 e. The number of carbonyl (C=O) groups excluding carboxylic acids is 1. The minimum atomic E-state index is -0.159. The van der Waals surface area contributed by atoms with Crippen LogP contribution >= 0.6 is 0 Å². The van der Waals surface area contributed by atoms with Crippen molar-refractivity contribution in [3.05, 3.63) is 76.0 Å². The quantitative estimate of drug-likeness (QED) is 0.536. The third-order valence-electron chi connectivity index (χ3n) is 5.85. The number of Topliss-reactive ketones (excluding diaryl/α,β-unsaturated/α-hetero) is 1. The number of aromatic nitrogens is 1. The predicted molar refractivity (Wildman–Crippen MR) is 111 cm³/mol. The van der Waals surface area contributed by atoms with Gasteiger partial charge in [0.15, 0.2) is 5.78 Å². The molecule has 0 bridgehead atoms. The van der Waals surface area contributed by atoms with Crippen molar-refractivity contribution in [1.82, 2.24) is 4.98 Å². The number of ketones is 1. The standard InChI is InChI=1S/C24H22N2O3/c1-13-6-8-14(9-7-13)20-16-11-10-15(28-2)12-19(16)29-24-22(20)23(25)21-17(26-24)4-3-5-18(21)27/h6-12,20H,3-5H2,1-2H3,(H2,25,26). The smallest absolute Gasteiger partial charge is 0.225 e. The maximum absolute atomic E-state index is 12.6. The molecule has 2 aliphatic rings. The van der Waals surface area contributed by atoms with E-state index >= 15 is 0 Å². The van der Waals surface area contributed by atoms with Crippen LogP contribution in [0.25, 0.3) is 0 Å². The van der Waals surface area contributed by atoms with Crippen LogP contribution in [-0.2, 0) is 6.42 Å². The molecular weight excluding hydrogens is 364 g/mol. The van der Waals surface area contributed by atoms with Crippen molar-refractivity contribution in [3.8, 4) is 17.4 Å². The summed E-state index contributed by atoms with van der Waals surface area (Å²) in [5, 5.41) is 0. The first kappa shape index (κ1) is 17.7. The van der Waals surface area contributed by atoms with Crippen molar-refractivity contribution in [2.45, 2.75) is 32.1 Å². The number of nitrogens with zero attached hydrogens (tertiary/aromatic N) is 1. The van der Waals surface area contributed by atoms with Crippen LogP contribution in [0.4, 0.5) is 5.69 Å². The lowest BCUT2D eigenvalue weighted by atomic mass is 9.80. The normalized spacial score (nSPS) is 17.0. The molecule has 1 aliphatic carbocycles. The summed E-state index contributed by atoms with van der Waals surface area (Å²) in [6.07, 6.45) is 2.05. The SMILES string of the molecule is COc1ccc2c(c1)Oc1nc3c(c(N)c1C2c1ccc(C)cc1)C(=O)CCC3. The lowest BCUT2D eigenvalue weighted by Gasteiger charge is -2.31. The molecule has 2 heterocycles. The summed E-state index contributed by atoms with van der Waals surface area (Å²) >= 11 is 0. The zero-order valence-electron chi connectivity index (χ0n) is 16.5. The average molecular weight is 386 g/mol. The van der Waals surface area contributed by atoms with Crippen molar-refractivity contribution in [3.63, 3.8) is 0 Å². The second kappa shape index (κ2) is 6.62. The fraction of sp³-hybridized carbons (Fsp3) is 0.250. The molecule has 0 fully saturated rings. The Labute approximate surface area is 169 Å². The lowest BCUT2D eigenvalue weighted by molar-refractivity contribution is 0.0972. The molecule has 2 aromatic carbocycles. The summed E-state index contributed by atoms with van der Waals surface area (Å²) < 4.78 is 11.6. The fourth-order valence-corrected chi connectivity index (χ4v) is 4.37. The van der Waals surface area contributed by atoms with Crippen LogP contribution in [0.5, 0.6) is 17.4 Å². The highest BCUT2D eigenvalue weighted by molar-refractivity contribution is 6.03. The third kappa shape index (κ3) is 2.77. The van der Waals surface area contributed by atoms with Crippen LogP contribution in [0.1, 0.15) is 57.1 Å². The molecule has 0 saturated heterocycles. The number of carbonyl (C=O) groups is 1. The summed E-state index contributed by atoms with van der Waals surface area (Å²) in [5.41, 5.74) is 12.5. The maximum Gasteiger partial charge on any atom is 0.225 e. The van der Waals surface area contributed by atoms with Gasteiger partial charge in [-0.3, -0.25) is 4.79 Å². The van der Waals surface area contributed by atoms with Crippen molar-refractivity contribution in [2.75, 3.05) is 12.8 Å². The van der Waals surface area contributed by atoms with E-state index in [-0.39, 0.29) is 11.7 Å². The van der Waals surface area contributed by atoms with E-state index in [9.17, 15) is 4.79 Å². The van der Waals surface area contributed by atoms with E-state index in [0.29, 0.717) is 29.3 Å². The number of hydrogen-bond donors (Lipinski definition) is 1. The number of hydrogen-bond acceptors (Lipinski definition) is 5. The van der Waals surface area contributed by atoms with Gasteiger partial charge in [0.2, 0.25) is 5.88 Å². The molecule has 1 atom stereocenters. The molecule has 1 aromatic heterocycles. The van der Waals surface area contributed by atoms with Crippen LogP contribution in [0.3, 0.4) is 0 Å². The van der Waals surface area contributed by atoms with E-state index in [1.807, 2.05) is 18.2 Å². The van der Waals surface area contributed by atoms with Gasteiger partial charge in [-0.25, -0.2) is 4.98 Å². The Morgan fingerprint density at radius 3 is 2.69 bits per heavy atom. The first-order chi connectivity index (χ1) is 14.1. The highest BCUT2D eigenvalue weighted by atomic mass is 16.5. The molecule has 1 unspecified atom stereocenters. The first-order valence-corrected chi connectivity index (χ1v) is 9.84. The zero-order valence-corrected chi connectivity index (χ0v) is 16.5. The van der Waals surface area contributed by atoms with Gasteiger partial charge in [0, 0.05) is 24.0 Å². The Morgan fingerprint density at radius 1 is 1.14 bits per heavy atom. The van der Waals surface area contributed by atoms with E-state index in [1.165, 1.54) is 5.56 Å². The number of methoxy groups -OCH3 is 1. The van der Waals surface area contributed by atoms with Gasteiger partial charge in [0.05, 0.1) is 29.6 Å². The second-order valence-corrected chi connectivity index (χ2v) is 7.69. The van der Waals surface area contributed by atoms with Gasteiger partial charge in [-0.05, 0) is 31.4 Å². The molecule has 0 radical (unpaired) electrons. The van der Waals surface area contributed by atoms with Crippen molar-refractivity contribution in [1.29, 1.82) is 0 Å². The molecule has 0 amide bonds. The molecule has 5 rings (SSSR count). The molecule has 146 valence electrons. The number of nitrogen functional groups attached to an aromatic ring is 1. The van der Waals surface area contributed by atoms with Crippen molar-refractivity contribution in [2.24, 2.45) is 0 Å². The number of nitrogens with two attached hydrogens (primary N) is 1. The minimum absolute atomic E-state index is 0.0715. The van der Waals surface area contributed by atoms with E-state index < -0.39 is 0 Å². The number of benzene rings is 2. The number of pyridine rings is 1. The molecule has 5 nitrogen and oxygen atoms in total. The second-order valence-electron chi connectivity index (χ2n) is 7.69. The van der Waals surface area contributed by atoms with Crippen LogP contribution < -0.4 is 15.2 Å². The van der Waals surface area contributed by atoms with Gasteiger partial charge in [-0.2, -0.15) is 0 Å². The number of ether oxygens (including phenoxy) is 2. The lowest BCUT2D eigenvalue weighted by Crippen LogP contribution is -2.22. The highest BCUT2D eigenvalue weighted by Gasteiger charge is 2.36. The number of aryl methyl sites for hydroxylation is 2. The van der Waals surface area contributed by atoms with Crippen LogP contribution in [0.2, 0.25) is 0 Å². The van der Waals surface area contributed by atoms with Gasteiger partial charge in [0.25, 0.3) is 0 Å². The Hall–Kier alpha value is -3.34. The monoisotopic (exact) mass is 386 g/mol. The van der Waals surface area contributed by atoms with Crippen molar-refractivity contribution >= 4 is 11.5 Å². The Balaban J connectivity index is 1.78. The maximum atomic E-state index is 12.6. The molecule has 2 N–H and O–H groups in total. The molecule has 5 heteroatoms. The third-order valence-corrected chi connectivity index (χ3v) is 5.85. The average Bonchev–Trinajstić information content (AvgIpc) is 2.72. The summed E-state index contributed by atoms with van der Waals surface area (Å²) in [7, 11) is 1.63. The molecule has 0 saturated carbocycles. The van der Waals surface area contributed by atoms with Crippen LogP contribution in [-0.4, -0.2) is 17.9 Å². The van der Waals surface area contributed by atoms with E-state index in [4.69, 9.17) is 20.2 Å². The highest BCUT2D eigenvalue weighted by Crippen LogP contribution is 2.51. The Kier molecular flexibility index (Phi) is 4.05. The molecule has 0 spiro atoms. The molecule has 1 aliphatic heterocycles. The van der Waals surface area contributed by atoms with Gasteiger partial charge >= 0.3 is 0 Å². The molecular formula is C24H22N2O3. The summed E-state index contributed by atoms with van der Waals surface area (Å²) in [5.74, 6) is 1.82. The van der Waals surface area contributed by atoms with E-state index in [1.54, 1.807) is 7.11 Å². The first-order valence-electron chi connectivity index (χ1n) is 9.84. The molecule has 3 aromatic rings. The summed E-state index contributed by atoms with van der Waals surface area (Å²) in [6, 6.07) is 14.2. The Bertz CT molecular complexity index is 1140. The largest absolute Gasteiger partial charge is 0.497 e. The van der Waals surface area contributed by atoms with Gasteiger partial charge in [0.1, 0.15) is 11.5 Å². The number of anilines is 1. The summed E-state index contributed by atoms with van der Waals surface area (Å²) in [6.45, 7) is 2.06. The van der Waals surface area contributed by atoms with Gasteiger partial charge < -0.3 is 15.2 Å². The van der Waals surface area contributed by atoms with E-state index in [0.717, 1.165) is 41.0 Å². The summed E-state index contributed by atoms with van der Waals surface area (Å²) in [4.78, 5) is 17.4. The van der Waals surface area contributed by atoms with Crippen LogP contribution in [0.15, 0.2) is 42.5 Å². The van der Waals surface area contributed by atoms with Crippen LogP contribution in [0, 0.1) is 6.92 Å². The predicted octanol–water partition coefficient (Wildman–Crippen LogP) is 4.79. The fourth-order valence-electron chi connectivity index (χ4n) is 4.37. The zero-order chi connectivity index (χ0) is 20.1. The Morgan fingerprint density at radius 2 is 1.93 bits per heavy atom. The number of fused-ring (bicyclic) bond motifs is 3. The van der Waals surface area contributed by atoms with Crippen molar-refractivity contribution < 1.29 is 14.3 Å². The van der Waals surface area contributed by atoms with E-state index in [2.05, 4.69) is 31.2 Å². The topological polar surface area (TPSA) is 74.4 Å². The van der Waals surface area contributed by atoms with Gasteiger partial charge in [-0.15, -0.1) is 0 Å². The number of rotatable bonds is 2. The van der Waals surface area contributed by atoms with Gasteiger partial charge in [-0.1, -0.05) is 35.9 Å². The molecule has 29 heavy (non-hydrogen) atoms.